The molecule has 1 aromatic heterocycles. The summed E-state index contributed by atoms with van der Waals surface area (Å²) >= 11 is 0. The van der Waals surface area contributed by atoms with E-state index in [2.05, 4.69) is 15.8 Å². The van der Waals surface area contributed by atoms with Crippen molar-refractivity contribution >= 4 is 22.7 Å². The highest BCUT2D eigenvalue weighted by Gasteiger charge is 2.11. The highest BCUT2D eigenvalue weighted by molar-refractivity contribution is 5.98. The van der Waals surface area contributed by atoms with Crippen LogP contribution in [0.3, 0.4) is 0 Å². The number of ether oxygens (including phenoxy) is 1. The van der Waals surface area contributed by atoms with Crippen molar-refractivity contribution < 1.29 is 14.3 Å². The summed E-state index contributed by atoms with van der Waals surface area (Å²) in [7, 11) is 0. The number of aryl methyl sites for hydroxylation is 1. The molecule has 0 atom stereocenters. The predicted molar refractivity (Wildman–Crippen MR) is 90.6 cm³/mol. The van der Waals surface area contributed by atoms with Crippen molar-refractivity contribution in [1.82, 2.24) is 15.8 Å². The van der Waals surface area contributed by atoms with Crippen molar-refractivity contribution in [2.75, 3.05) is 6.61 Å². The lowest BCUT2D eigenvalue weighted by Crippen LogP contribution is -2.44. The van der Waals surface area contributed by atoms with Gasteiger partial charge in [0.1, 0.15) is 11.4 Å². The van der Waals surface area contributed by atoms with Gasteiger partial charge in [-0.2, -0.15) is 0 Å². The molecular weight excluding hydrogens is 306 g/mol. The molecule has 0 fully saturated rings. The Kier molecular flexibility index (Phi) is 4.47. The first-order valence-corrected chi connectivity index (χ1v) is 7.49. The minimum absolute atomic E-state index is 0.183. The number of hydrogen-bond acceptors (Lipinski definition) is 3. The van der Waals surface area contributed by atoms with E-state index in [1.165, 1.54) is 0 Å². The van der Waals surface area contributed by atoms with Crippen molar-refractivity contribution in [1.29, 1.82) is 0 Å². The number of carbonyl (C=O) groups is 2. The molecule has 0 saturated carbocycles. The Morgan fingerprint density at radius 3 is 2.58 bits per heavy atom. The summed E-state index contributed by atoms with van der Waals surface area (Å²) in [5.41, 5.74) is 6.86. The number of H-pyrrole nitrogens is 1. The van der Waals surface area contributed by atoms with Crippen LogP contribution >= 0.6 is 0 Å². The topological polar surface area (TPSA) is 83.2 Å². The minimum atomic E-state index is -0.442. The maximum absolute atomic E-state index is 12.0. The van der Waals surface area contributed by atoms with Crippen molar-refractivity contribution in [3.05, 3.63) is 65.9 Å². The minimum Gasteiger partial charge on any atom is -0.483 e. The molecule has 6 nitrogen and oxygen atoms in total. The van der Waals surface area contributed by atoms with Gasteiger partial charge in [0.15, 0.2) is 6.61 Å². The number of para-hydroxylation sites is 2. The first kappa shape index (κ1) is 15.6. The molecule has 2 amide bonds. The lowest BCUT2D eigenvalue weighted by molar-refractivity contribution is -0.123. The maximum Gasteiger partial charge on any atom is 0.286 e. The molecule has 3 N–H and O–H groups in total. The molecule has 0 aliphatic rings. The van der Waals surface area contributed by atoms with Crippen LogP contribution in [-0.2, 0) is 4.79 Å². The molecule has 2 aromatic carbocycles. The number of aromatic amines is 1. The van der Waals surface area contributed by atoms with Gasteiger partial charge in [0.25, 0.3) is 11.8 Å². The van der Waals surface area contributed by atoms with E-state index in [0.717, 1.165) is 16.5 Å². The Hall–Kier alpha value is -3.28. The van der Waals surface area contributed by atoms with Crippen LogP contribution in [0.1, 0.15) is 16.1 Å². The number of fused-ring (bicyclic) bond motifs is 1. The first-order valence-electron chi connectivity index (χ1n) is 7.49. The third kappa shape index (κ3) is 3.55. The summed E-state index contributed by atoms with van der Waals surface area (Å²) in [6.45, 7) is 1.71. The molecule has 0 spiro atoms. The normalized spacial score (nSPS) is 10.4. The van der Waals surface area contributed by atoms with Crippen molar-refractivity contribution in [2.45, 2.75) is 6.92 Å². The van der Waals surface area contributed by atoms with Crippen molar-refractivity contribution in [2.24, 2.45) is 0 Å². The number of hydrazine groups is 1. The Morgan fingerprint density at radius 1 is 1.04 bits per heavy atom. The molecule has 0 saturated heterocycles. The molecule has 6 heteroatoms. The molecular formula is C18H17N3O3. The number of nitrogens with one attached hydrogen (secondary N) is 3. The molecule has 0 bridgehead atoms. The summed E-state index contributed by atoms with van der Waals surface area (Å²) < 4.78 is 5.41. The van der Waals surface area contributed by atoms with Crippen LogP contribution in [0.2, 0.25) is 0 Å². The van der Waals surface area contributed by atoms with Gasteiger partial charge < -0.3 is 9.72 Å². The average molecular weight is 323 g/mol. The highest BCUT2D eigenvalue weighted by atomic mass is 16.5. The molecule has 0 unspecified atom stereocenters. The van der Waals surface area contributed by atoms with Gasteiger partial charge >= 0.3 is 0 Å². The lowest BCUT2D eigenvalue weighted by Gasteiger charge is -2.09. The standard InChI is InChI=1S/C18H17N3O3/c1-12-6-2-5-9-16(12)24-11-17(22)20-21-18(23)15-10-13-7-3-4-8-14(13)19-15/h2-10,19H,11H2,1H3,(H,20,22)(H,21,23). The van der Waals surface area contributed by atoms with Crippen molar-refractivity contribution in [3.63, 3.8) is 0 Å². The lowest BCUT2D eigenvalue weighted by atomic mass is 10.2. The second-order valence-corrected chi connectivity index (χ2v) is 5.33. The third-order valence-corrected chi connectivity index (χ3v) is 3.54. The zero-order valence-electron chi connectivity index (χ0n) is 13.1. The van der Waals surface area contributed by atoms with E-state index in [9.17, 15) is 9.59 Å². The zero-order valence-corrected chi connectivity index (χ0v) is 13.1. The van der Waals surface area contributed by atoms with Crippen LogP contribution in [0.5, 0.6) is 5.75 Å². The fourth-order valence-electron chi connectivity index (χ4n) is 2.29. The first-order chi connectivity index (χ1) is 11.6. The number of carbonyl (C=O) groups excluding carboxylic acids is 2. The monoisotopic (exact) mass is 323 g/mol. The van der Waals surface area contributed by atoms with E-state index in [0.29, 0.717) is 11.4 Å². The van der Waals surface area contributed by atoms with E-state index in [1.54, 1.807) is 12.1 Å². The smallest absolute Gasteiger partial charge is 0.286 e. The van der Waals surface area contributed by atoms with Crippen LogP contribution in [0.25, 0.3) is 10.9 Å². The molecule has 24 heavy (non-hydrogen) atoms. The predicted octanol–water partition coefficient (Wildman–Crippen LogP) is 2.32. The van der Waals surface area contributed by atoms with Gasteiger partial charge in [-0.15, -0.1) is 0 Å². The number of amides is 2. The van der Waals surface area contributed by atoms with Gasteiger partial charge in [-0.25, -0.2) is 0 Å². The summed E-state index contributed by atoms with van der Waals surface area (Å²) in [5.74, 6) is -0.229. The van der Waals surface area contributed by atoms with Crippen molar-refractivity contribution in [3.8, 4) is 5.75 Å². The van der Waals surface area contributed by atoms with E-state index in [4.69, 9.17) is 4.74 Å². The number of benzene rings is 2. The number of hydrogen-bond donors (Lipinski definition) is 3. The van der Waals surface area contributed by atoms with Crippen LogP contribution in [0.15, 0.2) is 54.6 Å². The summed E-state index contributed by atoms with van der Waals surface area (Å²) in [6.07, 6.45) is 0. The van der Waals surface area contributed by atoms with Crippen LogP contribution in [0.4, 0.5) is 0 Å². The highest BCUT2D eigenvalue weighted by Crippen LogP contribution is 2.16. The fourth-order valence-corrected chi connectivity index (χ4v) is 2.29. The molecule has 0 aliphatic heterocycles. The van der Waals surface area contributed by atoms with Gasteiger partial charge in [-0.05, 0) is 30.7 Å². The Bertz CT molecular complexity index is 853. The number of aromatic nitrogens is 1. The maximum atomic E-state index is 12.0. The van der Waals surface area contributed by atoms with Crippen LogP contribution in [-0.4, -0.2) is 23.4 Å². The van der Waals surface area contributed by atoms with E-state index in [-0.39, 0.29) is 6.61 Å². The Balaban J connectivity index is 1.52. The van der Waals surface area contributed by atoms with Gasteiger partial charge in [0.05, 0.1) is 0 Å². The fraction of sp³-hybridized carbons (Fsp3) is 0.111. The second kappa shape index (κ2) is 6.87. The van der Waals surface area contributed by atoms with Gasteiger partial charge in [0.2, 0.25) is 0 Å². The number of rotatable bonds is 4. The zero-order chi connectivity index (χ0) is 16.9. The van der Waals surface area contributed by atoms with Crippen LogP contribution in [0, 0.1) is 6.92 Å². The van der Waals surface area contributed by atoms with Crippen LogP contribution < -0.4 is 15.6 Å². The summed E-state index contributed by atoms with van der Waals surface area (Å²) in [4.78, 5) is 26.8. The third-order valence-electron chi connectivity index (χ3n) is 3.54. The Labute approximate surface area is 138 Å². The molecule has 0 aliphatic carbocycles. The summed E-state index contributed by atoms with van der Waals surface area (Å²) in [6, 6.07) is 16.7. The van der Waals surface area contributed by atoms with E-state index < -0.39 is 11.8 Å². The van der Waals surface area contributed by atoms with Gasteiger partial charge in [0, 0.05) is 10.9 Å². The molecule has 122 valence electrons. The van der Waals surface area contributed by atoms with Gasteiger partial charge in [-0.1, -0.05) is 36.4 Å². The summed E-state index contributed by atoms with van der Waals surface area (Å²) in [5, 5.41) is 0.928. The SMILES string of the molecule is Cc1ccccc1OCC(=O)NNC(=O)c1cc2ccccc2[nH]1. The quantitative estimate of drug-likeness (QED) is 0.644. The van der Waals surface area contributed by atoms with E-state index in [1.807, 2.05) is 49.4 Å². The molecule has 3 aromatic rings. The average Bonchev–Trinajstić information content (AvgIpc) is 3.03. The van der Waals surface area contributed by atoms with Gasteiger partial charge in [-0.3, -0.25) is 20.4 Å². The molecule has 0 radical (unpaired) electrons. The second-order valence-electron chi connectivity index (χ2n) is 5.33. The molecule has 1 heterocycles. The largest absolute Gasteiger partial charge is 0.483 e. The van der Waals surface area contributed by atoms with E-state index >= 15 is 0 Å². The Morgan fingerprint density at radius 2 is 1.79 bits per heavy atom. The molecule has 3 rings (SSSR count).